The van der Waals surface area contributed by atoms with Crippen molar-refractivity contribution in [2.45, 2.75) is 45.1 Å². The molecule has 3 heteroatoms. The van der Waals surface area contributed by atoms with Crippen molar-refractivity contribution in [3.8, 4) is 11.5 Å². The first-order valence-electron chi connectivity index (χ1n) is 7.25. The molecule has 0 aliphatic heterocycles. The molecule has 2 rings (SSSR count). The van der Waals surface area contributed by atoms with Gasteiger partial charge < -0.3 is 14.8 Å². The smallest absolute Gasteiger partial charge is 0.162 e. The van der Waals surface area contributed by atoms with Crippen LogP contribution in [0.15, 0.2) is 18.2 Å². The van der Waals surface area contributed by atoms with Crippen LogP contribution < -0.4 is 14.8 Å². The maximum atomic E-state index is 5.34. The van der Waals surface area contributed by atoms with Crippen LogP contribution in [-0.2, 0) is 0 Å². The predicted molar refractivity (Wildman–Crippen MR) is 79.2 cm³/mol. The Kier molecular flexibility index (Phi) is 4.94. The highest BCUT2D eigenvalue weighted by atomic mass is 16.5. The molecule has 1 aliphatic carbocycles. The topological polar surface area (TPSA) is 30.5 Å². The fraction of sp³-hybridized carbons (Fsp3) is 0.625. The van der Waals surface area contributed by atoms with E-state index in [0.717, 1.165) is 23.1 Å². The number of methoxy groups -OCH3 is 2. The van der Waals surface area contributed by atoms with E-state index >= 15 is 0 Å². The molecule has 106 valence electrons. The standard InChI is InChI=1S/C16H25NO2/c1-4-12-5-7-13(8-6-12)17-14-9-10-15(18-2)16(11-14)19-3/h9-13,17H,4-8H2,1-3H3. The first-order chi connectivity index (χ1) is 9.26. The van der Waals surface area contributed by atoms with Gasteiger partial charge in [0.15, 0.2) is 11.5 Å². The van der Waals surface area contributed by atoms with Gasteiger partial charge in [0.2, 0.25) is 0 Å². The third-order valence-electron chi connectivity index (χ3n) is 4.18. The zero-order chi connectivity index (χ0) is 13.7. The highest BCUT2D eigenvalue weighted by Crippen LogP contribution is 2.32. The molecule has 0 heterocycles. The Balaban J connectivity index is 1.96. The molecule has 0 spiro atoms. The van der Waals surface area contributed by atoms with Gasteiger partial charge in [0, 0.05) is 17.8 Å². The van der Waals surface area contributed by atoms with Gasteiger partial charge in [-0.15, -0.1) is 0 Å². The van der Waals surface area contributed by atoms with Gasteiger partial charge in [-0.3, -0.25) is 0 Å². The lowest BCUT2D eigenvalue weighted by molar-refractivity contribution is 0.330. The average molecular weight is 263 g/mol. The lowest BCUT2D eigenvalue weighted by Gasteiger charge is -2.29. The molecule has 0 radical (unpaired) electrons. The molecule has 1 fully saturated rings. The number of hydrogen-bond acceptors (Lipinski definition) is 3. The molecule has 3 nitrogen and oxygen atoms in total. The lowest BCUT2D eigenvalue weighted by atomic mass is 9.84. The van der Waals surface area contributed by atoms with Gasteiger partial charge in [-0.1, -0.05) is 13.3 Å². The molecule has 0 aromatic heterocycles. The summed E-state index contributed by atoms with van der Waals surface area (Å²) < 4.78 is 10.6. The molecule has 1 aliphatic rings. The van der Waals surface area contributed by atoms with Gasteiger partial charge >= 0.3 is 0 Å². The summed E-state index contributed by atoms with van der Waals surface area (Å²) >= 11 is 0. The first-order valence-corrected chi connectivity index (χ1v) is 7.25. The third-order valence-corrected chi connectivity index (χ3v) is 4.18. The third kappa shape index (κ3) is 3.55. The molecule has 0 bridgehead atoms. The van der Waals surface area contributed by atoms with E-state index in [9.17, 15) is 0 Å². The minimum Gasteiger partial charge on any atom is -0.493 e. The highest BCUT2D eigenvalue weighted by molar-refractivity contribution is 5.55. The number of ether oxygens (including phenoxy) is 2. The Morgan fingerprint density at radius 3 is 2.32 bits per heavy atom. The molecule has 1 aromatic carbocycles. The van der Waals surface area contributed by atoms with Crippen molar-refractivity contribution in [2.24, 2.45) is 5.92 Å². The fourth-order valence-corrected chi connectivity index (χ4v) is 2.88. The summed E-state index contributed by atoms with van der Waals surface area (Å²) in [5.41, 5.74) is 1.12. The predicted octanol–water partition coefficient (Wildman–Crippen LogP) is 4.08. The summed E-state index contributed by atoms with van der Waals surface area (Å²) in [4.78, 5) is 0. The van der Waals surface area contributed by atoms with E-state index in [0.29, 0.717) is 6.04 Å². The van der Waals surface area contributed by atoms with Crippen LogP contribution in [0.25, 0.3) is 0 Å². The number of hydrogen-bond donors (Lipinski definition) is 1. The number of benzene rings is 1. The van der Waals surface area contributed by atoms with E-state index in [1.807, 2.05) is 12.1 Å². The van der Waals surface area contributed by atoms with E-state index in [2.05, 4.69) is 18.3 Å². The van der Waals surface area contributed by atoms with E-state index in [1.54, 1.807) is 14.2 Å². The van der Waals surface area contributed by atoms with Gasteiger partial charge in [-0.05, 0) is 43.7 Å². The second kappa shape index (κ2) is 6.69. The summed E-state index contributed by atoms with van der Waals surface area (Å²) in [6.07, 6.45) is 6.56. The van der Waals surface area contributed by atoms with E-state index in [-0.39, 0.29) is 0 Å². The van der Waals surface area contributed by atoms with Crippen molar-refractivity contribution < 1.29 is 9.47 Å². The second-order valence-electron chi connectivity index (χ2n) is 5.34. The van der Waals surface area contributed by atoms with Crippen molar-refractivity contribution in [1.82, 2.24) is 0 Å². The van der Waals surface area contributed by atoms with E-state index in [1.165, 1.54) is 32.1 Å². The molecule has 0 atom stereocenters. The summed E-state index contributed by atoms with van der Waals surface area (Å²) in [5.74, 6) is 2.50. The quantitative estimate of drug-likeness (QED) is 0.868. The lowest BCUT2D eigenvalue weighted by Crippen LogP contribution is -2.25. The Morgan fingerprint density at radius 1 is 1.05 bits per heavy atom. The molecular weight excluding hydrogens is 238 g/mol. The van der Waals surface area contributed by atoms with Gasteiger partial charge in [0.1, 0.15) is 0 Å². The zero-order valence-electron chi connectivity index (χ0n) is 12.2. The van der Waals surface area contributed by atoms with Gasteiger partial charge in [0.05, 0.1) is 14.2 Å². The molecule has 0 saturated heterocycles. The van der Waals surface area contributed by atoms with Crippen LogP contribution in [0.1, 0.15) is 39.0 Å². The minimum absolute atomic E-state index is 0.598. The fourth-order valence-electron chi connectivity index (χ4n) is 2.88. The molecule has 0 amide bonds. The molecule has 1 saturated carbocycles. The normalized spacial score (nSPS) is 22.9. The van der Waals surface area contributed by atoms with Crippen molar-refractivity contribution in [2.75, 3.05) is 19.5 Å². The largest absolute Gasteiger partial charge is 0.493 e. The Labute approximate surface area is 116 Å². The zero-order valence-corrected chi connectivity index (χ0v) is 12.2. The average Bonchev–Trinajstić information content (AvgIpc) is 2.48. The first kappa shape index (κ1) is 14.0. The Hall–Kier alpha value is -1.38. The number of nitrogens with one attached hydrogen (secondary N) is 1. The second-order valence-corrected chi connectivity index (χ2v) is 5.34. The van der Waals surface area contributed by atoms with Gasteiger partial charge in [-0.25, -0.2) is 0 Å². The van der Waals surface area contributed by atoms with Crippen molar-refractivity contribution in [3.63, 3.8) is 0 Å². The Morgan fingerprint density at radius 2 is 1.74 bits per heavy atom. The summed E-state index contributed by atoms with van der Waals surface area (Å²) in [7, 11) is 3.34. The van der Waals surface area contributed by atoms with Gasteiger partial charge in [0.25, 0.3) is 0 Å². The van der Waals surface area contributed by atoms with Crippen LogP contribution in [0.2, 0.25) is 0 Å². The molecule has 0 unspecified atom stereocenters. The minimum atomic E-state index is 0.598. The van der Waals surface area contributed by atoms with Gasteiger partial charge in [-0.2, -0.15) is 0 Å². The number of rotatable bonds is 5. The molecular formula is C16H25NO2. The SMILES string of the molecule is CCC1CCC(Nc2ccc(OC)c(OC)c2)CC1. The monoisotopic (exact) mass is 263 g/mol. The maximum absolute atomic E-state index is 5.34. The van der Waals surface area contributed by atoms with Crippen LogP contribution in [0.3, 0.4) is 0 Å². The molecule has 19 heavy (non-hydrogen) atoms. The van der Waals surface area contributed by atoms with Crippen LogP contribution in [-0.4, -0.2) is 20.3 Å². The summed E-state index contributed by atoms with van der Waals surface area (Å²) in [5, 5.41) is 3.62. The van der Waals surface area contributed by atoms with E-state index in [4.69, 9.17) is 9.47 Å². The van der Waals surface area contributed by atoms with Crippen molar-refractivity contribution in [3.05, 3.63) is 18.2 Å². The van der Waals surface area contributed by atoms with Crippen molar-refractivity contribution in [1.29, 1.82) is 0 Å². The molecule has 1 aromatic rings. The summed E-state index contributed by atoms with van der Waals surface area (Å²) in [6.45, 7) is 2.30. The highest BCUT2D eigenvalue weighted by Gasteiger charge is 2.19. The Bertz CT molecular complexity index is 398. The summed E-state index contributed by atoms with van der Waals surface area (Å²) in [6, 6.07) is 6.64. The molecule has 1 N–H and O–H groups in total. The van der Waals surface area contributed by atoms with Crippen LogP contribution in [0, 0.1) is 5.92 Å². The van der Waals surface area contributed by atoms with Crippen LogP contribution >= 0.6 is 0 Å². The van der Waals surface area contributed by atoms with Crippen LogP contribution in [0.5, 0.6) is 11.5 Å². The maximum Gasteiger partial charge on any atom is 0.162 e. The van der Waals surface area contributed by atoms with Crippen molar-refractivity contribution >= 4 is 5.69 Å². The van der Waals surface area contributed by atoms with Crippen LogP contribution in [0.4, 0.5) is 5.69 Å². The number of anilines is 1. The van der Waals surface area contributed by atoms with E-state index < -0.39 is 0 Å².